The third kappa shape index (κ3) is 3.36. The summed E-state index contributed by atoms with van der Waals surface area (Å²) in [5.41, 5.74) is -0.238. The summed E-state index contributed by atoms with van der Waals surface area (Å²) in [6.45, 7) is 6.03. The monoisotopic (exact) mass is 276 g/mol. The fraction of sp³-hybridized carbons (Fsp3) is 0.643. The predicted molar refractivity (Wildman–Crippen MR) is 72.7 cm³/mol. The van der Waals surface area contributed by atoms with Crippen molar-refractivity contribution in [1.82, 2.24) is 15.1 Å². The molecule has 6 heteroatoms. The summed E-state index contributed by atoms with van der Waals surface area (Å²) >= 11 is 0. The molecule has 1 aromatic heterocycles. The lowest BCUT2D eigenvalue weighted by Gasteiger charge is -2.46. The Kier molecular flexibility index (Phi) is 4.09. The van der Waals surface area contributed by atoms with E-state index in [9.17, 15) is 4.79 Å². The van der Waals surface area contributed by atoms with Crippen molar-refractivity contribution in [3.05, 3.63) is 18.5 Å². The van der Waals surface area contributed by atoms with E-state index in [1.165, 1.54) is 0 Å². The second-order valence-corrected chi connectivity index (χ2v) is 5.99. The molecule has 1 aliphatic rings. The topological polar surface area (TPSA) is 79.9 Å². The zero-order valence-corrected chi connectivity index (χ0v) is 12.0. The number of ether oxygens (including phenoxy) is 1. The smallest absolute Gasteiger partial charge is 0.234 e. The Morgan fingerprint density at radius 1 is 1.60 bits per heavy atom. The molecule has 0 unspecified atom stereocenters. The van der Waals surface area contributed by atoms with Crippen molar-refractivity contribution in [2.24, 2.45) is 0 Å². The third-order valence-electron chi connectivity index (χ3n) is 3.20. The maximum Gasteiger partial charge on any atom is 0.234 e. The van der Waals surface area contributed by atoms with E-state index in [0.29, 0.717) is 0 Å². The van der Waals surface area contributed by atoms with Crippen molar-refractivity contribution in [3.63, 3.8) is 0 Å². The molecule has 0 bridgehead atoms. The molecule has 1 heterocycles. The van der Waals surface area contributed by atoms with Crippen molar-refractivity contribution < 1.29 is 9.53 Å². The highest BCUT2D eigenvalue weighted by atomic mass is 16.5. The average Bonchev–Trinajstić information content (AvgIpc) is 2.79. The van der Waals surface area contributed by atoms with Crippen molar-refractivity contribution in [1.29, 1.82) is 5.26 Å². The number of nitriles is 1. The van der Waals surface area contributed by atoms with Gasteiger partial charge in [-0.2, -0.15) is 10.4 Å². The highest BCUT2D eigenvalue weighted by Crippen LogP contribution is 2.37. The number of hydrogen-bond donors (Lipinski definition) is 1. The average molecular weight is 276 g/mol. The van der Waals surface area contributed by atoms with Crippen molar-refractivity contribution in [3.8, 4) is 6.07 Å². The van der Waals surface area contributed by atoms with Crippen LogP contribution in [0.5, 0.6) is 0 Å². The van der Waals surface area contributed by atoms with Crippen LogP contribution in [0.2, 0.25) is 0 Å². The van der Waals surface area contributed by atoms with E-state index in [2.05, 4.69) is 10.4 Å². The van der Waals surface area contributed by atoms with Gasteiger partial charge in [-0.15, -0.1) is 0 Å². The van der Waals surface area contributed by atoms with Gasteiger partial charge in [0.1, 0.15) is 6.42 Å². The molecule has 1 saturated carbocycles. The van der Waals surface area contributed by atoms with Gasteiger partial charge >= 0.3 is 0 Å². The number of aromatic nitrogens is 2. The van der Waals surface area contributed by atoms with Gasteiger partial charge in [-0.3, -0.25) is 9.48 Å². The summed E-state index contributed by atoms with van der Waals surface area (Å²) in [6, 6.07) is 3.64. The van der Waals surface area contributed by atoms with Crippen LogP contribution in [0.1, 0.15) is 39.7 Å². The van der Waals surface area contributed by atoms with Crippen molar-refractivity contribution in [2.75, 3.05) is 0 Å². The van der Waals surface area contributed by atoms with Crippen LogP contribution in [-0.2, 0) is 9.53 Å². The van der Waals surface area contributed by atoms with Gasteiger partial charge in [-0.05, 0) is 33.3 Å². The Morgan fingerprint density at radius 3 is 2.90 bits per heavy atom. The first-order chi connectivity index (χ1) is 9.40. The summed E-state index contributed by atoms with van der Waals surface area (Å²) in [5.74, 6) is -0.246. The highest BCUT2D eigenvalue weighted by molar-refractivity contribution is 5.78. The van der Waals surface area contributed by atoms with Crippen LogP contribution in [0.4, 0.5) is 0 Å². The van der Waals surface area contributed by atoms with Gasteiger partial charge in [0.25, 0.3) is 0 Å². The zero-order valence-electron chi connectivity index (χ0n) is 12.0. The number of hydrogen-bond acceptors (Lipinski definition) is 4. The van der Waals surface area contributed by atoms with Gasteiger partial charge in [-0.1, -0.05) is 0 Å². The van der Waals surface area contributed by atoms with E-state index >= 15 is 0 Å². The van der Waals surface area contributed by atoms with Crippen molar-refractivity contribution >= 4 is 5.91 Å². The molecule has 2 rings (SSSR count). The van der Waals surface area contributed by atoms with E-state index in [1.807, 2.05) is 43.8 Å². The van der Waals surface area contributed by atoms with Crippen LogP contribution >= 0.6 is 0 Å². The fourth-order valence-electron chi connectivity index (χ4n) is 2.45. The fourth-order valence-corrected chi connectivity index (χ4v) is 2.45. The second-order valence-electron chi connectivity index (χ2n) is 5.99. The lowest BCUT2D eigenvalue weighted by atomic mass is 9.82. The molecule has 0 spiro atoms. The molecule has 0 saturated heterocycles. The molecule has 1 aromatic rings. The summed E-state index contributed by atoms with van der Waals surface area (Å²) in [5, 5.41) is 15.7. The lowest BCUT2D eigenvalue weighted by molar-refractivity contribution is -0.142. The first kappa shape index (κ1) is 14.5. The molecule has 1 aliphatic carbocycles. The van der Waals surface area contributed by atoms with E-state index in [4.69, 9.17) is 10.00 Å². The molecule has 20 heavy (non-hydrogen) atoms. The quantitative estimate of drug-likeness (QED) is 0.901. The molecule has 0 aliphatic heterocycles. The minimum absolute atomic E-state index is 0.0160. The molecular formula is C14H20N4O2. The molecular weight excluding hydrogens is 256 g/mol. The minimum Gasteiger partial charge on any atom is -0.370 e. The minimum atomic E-state index is -0.246. The largest absolute Gasteiger partial charge is 0.370 e. The van der Waals surface area contributed by atoms with Crippen LogP contribution in [0, 0.1) is 11.3 Å². The molecule has 6 nitrogen and oxygen atoms in total. The number of nitrogens with zero attached hydrogens (tertiary/aromatic N) is 3. The number of nitrogens with one attached hydrogen (secondary N) is 1. The molecule has 1 amide bonds. The Morgan fingerprint density at radius 2 is 2.35 bits per heavy atom. The van der Waals surface area contributed by atoms with Gasteiger partial charge in [0, 0.05) is 12.4 Å². The van der Waals surface area contributed by atoms with Gasteiger partial charge in [0.2, 0.25) is 5.91 Å². The van der Waals surface area contributed by atoms with E-state index in [1.54, 1.807) is 6.20 Å². The van der Waals surface area contributed by atoms with Crippen LogP contribution in [-0.4, -0.2) is 33.4 Å². The first-order valence-electron chi connectivity index (χ1n) is 6.74. The van der Waals surface area contributed by atoms with E-state index in [0.717, 1.165) is 6.42 Å². The van der Waals surface area contributed by atoms with Crippen LogP contribution in [0.25, 0.3) is 0 Å². The summed E-state index contributed by atoms with van der Waals surface area (Å²) in [7, 11) is 0. The van der Waals surface area contributed by atoms with Crippen molar-refractivity contribution in [2.45, 2.75) is 57.4 Å². The SMILES string of the molecule is CC(C)(C)O[C@@H]1C[C@H](NC(=O)CC#N)[C@H]1n1cccn1. The maximum atomic E-state index is 11.5. The number of rotatable bonds is 4. The molecule has 0 radical (unpaired) electrons. The summed E-state index contributed by atoms with van der Waals surface area (Å²) < 4.78 is 7.82. The standard InChI is InChI=1S/C14H20N4O2/c1-14(2,3)20-11-9-10(17-12(19)5-6-15)13(11)18-8-4-7-16-18/h4,7-8,10-11,13H,5,9H2,1-3H3,(H,17,19)/t10-,11+,13+/m0/s1. The molecule has 3 atom stereocenters. The Hall–Kier alpha value is -1.87. The summed E-state index contributed by atoms with van der Waals surface area (Å²) in [4.78, 5) is 11.5. The Labute approximate surface area is 118 Å². The Bertz CT molecular complexity index is 498. The number of carbonyl (C=O) groups is 1. The first-order valence-corrected chi connectivity index (χ1v) is 6.74. The van der Waals surface area contributed by atoms with Gasteiger partial charge < -0.3 is 10.1 Å². The Balaban J connectivity index is 2.05. The molecule has 0 aromatic carbocycles. The molecule has 1 fully saturated rings. The second kappa shape index (κ2) is 5.63. The van der Waals surface area contributed by atoms with Gasteiger partial charge in [0.15, 0.2) is 0 Å². The highest BCUT2D eigenvalue weighted by Gasteiger charge is 2.46. The molecule has 1 N–H and O–H groups in total. The van der Waals surface area contributed by atoms with Crippen LogP contribution in [0.15, 0.2) is 18.5 Å². The van der Waals surface area contributed by atoms with E-state index in [-0.39, 0.29) is 36.1 Å². The number of carbonyl (C=O) groups excluding carboxylic acids is 1. The normalized spacial score (nSPS) is 25.6. The maximum absolute atomic E-state index is 11.5. The van der Waals surface area contributed by atoms with Crippen LogP contribution in [0.3, 0.4) is 0 Å². The van der Waals surface area contributed by atoms with Gasteiger partial charge in [0.05, 0.1) is 29.9 Å². The predicted octanol–water partition coefficient (Wildman–Crippen LogP) is 1.41. The third-order valence-corrected chi connectivity index (χ3v) is 3.20. The number of amides is 1. The zero-order chi connectivity index (χ0) is 14.8. The summed E-state index contributed by atoms with van der Waals surface area (Å²) in [6.07, 6.45) is 4.21. The van der Waals surface area contributed by atoms with Crippen LogP contribution < -0.4 is 5.32 Å². The van der Waals surface area contributed by atoms with E-state index < -0.39 is 0 Å². The lowest BCUT2D eigenvalue weighted by Crippen LogP contribution is -2.58. The molecule has 108 valence electrons. The van der Waals surface area contributed by atoms with Gasteiger partial charge in [-0.25, -0.2) is 0 Å².